The summed E-state index contributed by atoms with van der Waals surface area (Å²) in [5, 5.41) is 11.3. The van der Waals surface area contributed by atoms with E-state index in [-0.39, 0.29) is 17.6 Å². The molecule has 3 aromatic heterocycles. The van der Waals surface area contributed by atoms with E-state index in [9.17, 15) is 13.2 Å². The second-order valence-electron chi connectivity index (χ2n) is 6.30. The summed E-state index contributed by atoms with van der Waals surface area (Å²) in [5.74, 6) is 0.153. The van der Waals surface area contributed by atoms with Gasteiger partial charge in [-0.2, -0.15) is 32.9 Å². The summed E-state index contributed by atoms with van der Waals surface area (Å²) in [6.07, 6.45) is 2.12. The van der Waals surface area contributed by atoms with E-state index in [0.29, 0.717) is 6.54 Å². The second kappa shape index (κ2) is 6.15. The fraction of sp³-hybridized carbons (Fsp3) is 0.467. The number of rotatable bonds is 3. The summed E-state index contributed by atoms with van der Waals surface area (Å²) >= 11 is 0. The monoisotopic (exact) mass is 366 g/mol. The van der Waals surface area contributed by atoms with Crippen LogP contribution in [0.1, 0.15) is 18.5 Å². The average Bonchev–Trinajstić information content (AvgIpc) is 3.23. The van der Waals surface area contributed by atoms with Crippen molar-refractivity contribution in [2.75, 3.05) is 23.3 Å². The Bertz CT molecular complexity index is 915. The number of aryl methyl sites for hydroxylation is 1. The van der Waals surface area contributed by atoms with Crippen molar-refractivity contribution >= 4 is 17.3 Å². The SMILES string of the molecule is Cn1cc(N2CCCC(Nc3cc(C(F)(F)F)nc4ncnn34)C2)cn1. The van der Waals surface area contributed by atoms with Crippen LogP contribution in [-0.4, -0.2) is 48.5 Å². The molecule has 138 valence electrons. The number of hydrogen-bond donors (Lipinski definition) is 1. The molecule has 4 heterocycles. The lowest BCUT2D eigenvalue weighted by molar-refractivity contribution is -0.141. The van der Waals surface area contributed by atoms with Crippen molar-refractivity contribution in [2.45, 2.75) is 25.1 Å². The minimum absolute atomic E-state index is 0.0279. The summed E-state index contributed by atoms with van der Waals surface area (Å²) in [4.78, 5) is 9.48. The highest BCUT2D eigenvalue weighted by atomic mass is 19.4. The molecule has 0 aromatic carbocycles. The molecule has 0 aliphatic carbocycles. The lowest BCUT2D eigenvalue weighted by atomic mass is 10.1. The quantitative estimate of drug-likeness (QED) is 0.764. The second-order valence-corrected chi connectivity index (χ2v) is 6.30. The topological polar surface area (TPSA) is 76.2 Å². The molecule has 0 saturated carbocycles. The van der Waals surface area contributed by atoms with Gasteiger partial charge < -0.3 is 10.2 Å². The number of alkyl halides is 3. The number of halogens is 3. The minimum Gasteiger partial charge on any atom is -0.367 e. The fourth-order valence-electron chi connectivity index (χ4n) is 3.17. The van der Waals surface area contributed by atoms with Crippen molar-refractivity contribution in [1.29, 1.82) is 0 Å². The molecule has 0 amide bonds. The molecule has 1 fully saturated rings. The van der Waals surface area contributed by atoms with Crippen molar-refractivity contribution in [3.63, 3.8) is 0 Å². The van der Waals surface area contributed by atoms with Crippen LogP contribution in [-0.2, 0) is 13.2 Å². The molecule has 1 atom stereocenters. The van der Waals surface area contributed by atoms with Crippen LogP contribution in [0.25, 0.3) is 5.78 Å². The van der Waals surface area contributed by atoms with Crippen molar-refractivity contribution in [3.8, 4) is 0 Å². The van der Waals surface area contributed by atoms with Crippen molar-refractivity contribution in [1.82, 2.24) is 29.4 Å². The zero-order chi connectivity index (χ0) is 18.3. The Morgan fingerprint density at radius 3 is 2.85 bits per heavy atom. The highest BCUT2D eigenvalue weighted by molar-refractivity contribution is 5.48. The highest BCUT2D eigenvalue weighted by Gasteiger charge is 2.34. The lowest BCUT2D eigenvalue weighted by Gasteiger charge is -2.34. The van der Waals surface area contributed by atoms with E-state index in [2.05, 4.69) is 30.4 Å². The molecule has 1 aliphatic heterocycles. The molecule has 0 bridgehead atoms. The fourth-order valence-corrected chi connectivity index (χ4v) is 3.17. The van der Waals surface area contributed by atoms with Gasteiger partial charge in [0.1, 0.15) is 12.1 Å². The molecule has 1 aliphatic rings. The van der Waals surface area contributed by atoms with Gasteiger partial charge in [-0.3, -0.25) is 4.68 Å². The van der Waals surface area contributed by atoms with Crippen molar-refractivity contribution in [2.24, 2.45) is 7.05 Å². The van der Waals surface area contributed by atoms with Gasteiger partial charge in [0.25, 0.3) is 5.78 Å². The first kappa shape index (κ1) is 16.6. The number of nitrogens with zero attached hydrogens (tertiary/aromatic N) is 7. The smallest absolute Gasteiger partial charge is 0.367 e. The number of anilines is 2. The predicted octanol–water partition coefficient (Wildman–Crippen LogP) is 1.96. The maximum Gasteiger partial charge on any atom is 0.433 e. The Balaban J connectivity index is 1.59. The number of aromatic nitrogens is 6. The Kier molecular flexibility index (Phi) is 3.93. The van der Waals surface area contributed by atoms with Gasteiger partial charge in [0.15, 0.2) is 5.69 Å². The largest absolute Gasteiger partial charge is 0.433 e. The molecule has 0 radical (unpaired) electrons. The standard InChI is InChI=1S/C15H17F3N8/c1-24-8-11(6-20-24)25-4-2-3-10(7-25)22-13-5-12(15(16,17)18)23-14-19-9-21-26(13)14/h5-6,8-10,22H,2-4,7H2,1H3. The molecule has 1 saturated heterocycles. The average molecular weight is 366 g/mol. The molecular formula is C15H17F3N8. The van der Waals surface area contributed by atoms with Gasteiger partial charge in [0.05, 0.1) is 11.9 Å². The molecule has 8 nitrogen and oxygen atoms in total. The first-order valence-corrected chi connectivity index (χ1v) is 8.18. The zero-order valence-electron chi connectivity index (χ0n) is 14.0. The van der Waals surface area contributed by atoms with Gasteiger partial charge in [-0.15, -0.1) is 0 Å². The molecular weight excluding hydrogens is 349 g/mol. The Morgan fingerprint density at radius 1 is 1.27 bits per heavy atom. The van der Waals surface area contributed by atoms with Crippen molar-refractivity contribution < 1.29 is 13.2 Å². The van der Waals surface area contributed by atoms with E-state index in [1.54, 1.807) is 10.9 Å². The third-order valence-electron chi connectivity index (χ3n) is 4.37. The summed E-state index contributed by atoms with van der Waals surface area (Å²) in [5.41, 5.74) is 0.0102. The van der Waals surface area contributed by atoms with E-state index in [1.165, 1.54) is 10.8 Å². The number of hydrogen-bond acceptors (Lipinski definition) is 6. The Labute approximate surface area is 146 Å². The van der Waals surface area contributed by atoms with Crippen LogP contribution in [0.5, 0.6) is 0 Å². The van der Waals surface area contributed by atoms with Gasteiger partial charge in [-0.25, -0.2) is 4.98 Å². The first-order chi connectivity index (χ1) is 12.4. The summed E-state index contributed by atoms with van der Waals surface area (Å²) in [7, 11) is 1.85. The van der Waals surface area contributed by atoms with Crippen LogP contribution >= 0.6 is 0 Å². The molecule has 4 rings (SSSR count). The van der Waals surface area contributed by atoms with E-state index >= 15 is 0 Å². The molecule has 0 spiro atoms. The Morgan fingerprint density at radius 2 is 2.12 bits per heavy atom. The summed E-state index contributed by atoms with van der Waals surface area (Å²) in [6, 6.07) is 0.949. The third kappa shape index (κ3) is 3.16. The van der Waals surface area contributed by atoms with E-state index in [4.69, 9.17) is 0 Å². The molecule has 1 unspecified atom stereocenters. The van der Waals surface area contributed by atoms with Crippen molar-refractivity contribution in [3.05, 3.63) is 30.5 Å². The molecule has 3 aromatic rings. The zero-order valence-corrected chi connectivity index (χ0v) is 14.0. The maximum absolute atomic E-state index is 13.1. The van der Waals surface area contributed by atoms with Gasteiger partial charge in [-0.1, -0.05) is 0 Å². The van der Waals surface area contributed by atoms with Crippen LogP contribution in [0.15, 0.2) is 24.8 Å². The molecule has 26 heavy (non-hydrogen) atoms. The van der Waals surface area contributed by atoms with Gasteiger partial charge >= 0.3 is 6.18 Å². The van der Waals surface area contributed by atoms with Crippen LogP contribution in [0.2, 0.25) is 0 Å². The molecule has 1 N–H and O–H groups in total. The van der Waals surface area contributed by atoms with E-state index < -0.39 is 11.9 Å². The molecule has 11 heteroatoms. The first-order valence-electron chi connectivity index (χ1n) is 8.18. The van der Waals surface area contributed by atoms with Crippen LogP contribution in [0.4, 0.5) is 24.7 Å². The number of fused-ring (bicyclic) bond motifs is 1. The number of piperidine rings is 1. The predicted molar refractivity (Wildman–Crippen MR) is 87.8 cm³/mol. The van der Waals surface area contributed by atoms with Gasteiger partial charge in [0, 0.05) is 38.4 Å². The summed E-state index contributed by atoms with van der Waals surface area (Å²) in [6.45, 7) is 1.54. The third-order valence-corrected chi connectivity index (χ3v) is 4.37. The van der Waals surface area contributed by atoms with Crippen LogP contribution in [0.3, 0.4) is 0 Å². The van der Waals surface area contributed by atoms with Gasteiger partial charge in [0.2, 0.25) is 0 Å². The highest BCUT2D eigenvalue weighted by Crippen LogP contribution is 2.30. The van der Waals surface area contributed by atoms with E-state index in [0.717, 1.165) is 31.1 Å². The normalized spacial score (nSPS) is 18.5. The maximum atomic E-state index is 13.1. The number of nitrogens with one attached hydrogen (secondary N) is 1. The van der Waals surface area contributed by atoms with Crippen LogP contribution in [0, 0.1) is 0 Å². The van der Waals surface area contributed by atoms with Gasteiger partial charge in [-0.05, 0) is 12.8 Å². The summed E-state index contributed by atoms with van der Waals surface area (Å²) < 4.78 is 42.3. The lowest BCUT2D eigenvalue weighted by Crippen LogP contribution is -2.42. The Hall–Kier alpha value is -2.85. The van der Waals surface area contributed by atoms with E-state index in [1.807, 2.05) is 13.2 Å². The van der Waals surface area contributed by atoms with Crippen LogP contribution < -0.4 is 10.2 Å². The minimum atomic E-state index is -4.54.